The lowest BCUT2D eigenvalue weighted by molar-refractivity contribution is -0.0512. The van der Waals surface area contributed by atoms with Crippen LogP contribution in [0.5, 0.6) is 5.75 Å². The number of hydrogen-bond acceptors (Lipinski definition) is 4. The van der Waals surface area contributed by atoms with Crippen molar-refractivity contribution in [2.75, 3.05) is 6.61 Å². The molecule has 3 atom stereocenters. The van der Waals surface area contributed by atoms with Crippen molar-refractivity contribution in [3.05, 3.63) is 102 Å². The van der Waals surface area contributed by atoms with E-state index in [0.717, 1.165) is 11.6 Å². The van der Waals surface area contributed by atoms with E-state index in [4.69, 9.17) is 14.5 Å². The van der Waals surface area contributed by atoms with Crippen LogP contribution in [0.2, 0.25) is 0 Å². The summed E-state index contributed by atoms with van der Waals surface area (Å²) in [6.07, 6.45) is -0.374. The molecule has 0 amide bonds. The molecule has 3 unspecified atom stereocenters. The van der Waals surface area contributed by atoms with Gasteiger partial charge >= 0.3 is 0 Å². The Balaban J connectivity index is 0.00000256. The second-order valence-electron chi connectivity index (χ2n) is 7.39. The van der Waals surface area contributed by atoms with Gasteiger partial charge in [0.25, 0.3) is 0 Å². The van der Waals surface area contributed by atoms with Crippen LogP contribution in [0.4, 0.5) is 0 Å². The quantitative estimate of drug-likeness (QED) is 0.510. The molecule has 4 rings (SSSR count). The van der Waals surface area contributed by atoms with Crippen molar-refractivity contribution in [3.63, 3.8) is 0 Å². The van der Waals surface area contributed by atoms with Crippen molar-refractivity contribution in [3.8, 4) is 5.75 Å². The average Bonchev–Trinajstić information content (AvgIpc) is 3.12. The van der Waals surface area contributed by atoms with Gasteiger partial charge in [0.15, 0.2) is 6.29 Å². The minimum absolute atomic E-state index is 0. The lowest BCUT2D eigenvalue weighted by Gasteiger charge is -2.32. The summed E-state index contributed by atoms with van der Waals surface area (Å²) in [5.41, 5.74) is 2.03. The molecule has 1 aliphatic rings. The smallest absolute Gasteiger partial charge is 0.197 e. The Morgan fingerprint density at radius 3 is 2.10 bits per heavy atom. The van der Waals surface area contributed by atoms with Crippen LogP contribution >= 0.6 is 12.4 Å². The van der Waals surface area contributed by atoms with Crippen molar-refractivity contribution < 1.29 is 9.47 Å². The zero-order valence-corrected chi connectivity index (χ0v) is 18.0. The Morgan fingerprint density at radius 2 is 1.47 bits per heavy atom. The van der Waals surface area contributed by atoms with Crippen molar-refractivity contribution in [1.82, 2.24) is 5.32 Å². The number of nitrogens with one attached hydrogen (secondary N) is 1. The predicted octanol–water partition coefficient (Wildman–Crippen LogP) is 5.51. The molecule has 0 fully saturated rings. The monoisotopic (exact) mass is 422 g/mol. The molecule has 0 radical (unpaired) electrons. The summed E-state index contributed by atoms with van der Waals surface area (Å²) < 4.78 is 11.7. The number of benzene rings is 3. The van der Waals surface area contributed by atoms with E-state index in [0.29, 0.717) is 6.61 Å². The van der Waals surface area contributed by atoms with Crippen LogP contribution in [0.15, 0.2) is 96.0 Å². The Hall–Kier alpha value is -2.82. The Bertz CT molecular complexity index is 951. The largest absolute Gasteiger partial charge is 0.465 e. The van der Waals surface area contributed by atoms with Gasteiger partial charge in [-0.3, -0.25) is 4.99 Å². The van der Waals surface area contributed by atoms with Gasteiger partial charge in [-0.05, 0) is 37.1 Å². The second kappa shape index (κ2) is 9.79. The lowest BCUT2D eigenvalue weighted by Crippen LogP contribution is -2.43. The zero-order valence-electron chi connectivity index (χ0n) is 17.2. The highest BCUT2D eigenvalue weighted by atomic mass is 35.5. The minimum atomic E-state index is -0.374. The topological polar surface area (TPSA) is 42.8 Å². The molecule has 0 bridgehead atoms. The fraction of sp³-hybridized carbons (Fsp3) is 0.240. The van der Waals surface area contributed by atoms with E-state index < -0.39 is 0 Å². The number of nitrogens with zero attached hydrogens (tertiary/aromatic N) is 1. The SMILES string of the molecule is CC(OCC1=NC(c2ccccc2)C(C)(c2ccccc2)N1)Oc1ccccc1.Cl. The zero-order chi connectivity index (χ0) is 20.1. The third kappa shape index (κ3) is 4.84. The third-order valence-corrected chi connectivity index (χ3v) is 5.22. The van der Waals surface area contributed by atoms with Gasteiger partial charge in [0.1, 0.15) is 24.2 Å². The predicted molar refractivity (Wildman–Crippen MR) is 123 cm³/mol. The summed E-state index contributed by atoms with van der Waals surface area (Å²) in [6.45, 7) is 4.45. The van der Waals surface area contributed by atoms with Gasteiger partial charge in [0.05, 0.1) is 5.54 Å². The maximum atomic E-state index is 5.93. The number of rotatable bonds is 7. The fourth-order valence-electron chi connectivity index (χ4n) is 3.74. The third-order valence-electron chi connectivity index (χ3n) is 5.22. The van der Waals surface area contributed by atoms with Crippen LogP contribution in [0.25, 0.3) is 0 Å². The molecule has 0 saturated carbocycles. The Labute approximate surface area is 184 Å². The molecule has 1 N–H and O–H groups in total. The molecule has 1 aliphatic heterocycles. The molecule has 3 aromatic rings. The molecule has 1 heterocycles. The van der Waals surface area contributed by atoms with Crippen LogP contribution in [-0.4, -0.2) is 18.7 Å². The standard InChI is InChI=1S/C25H26N2O2.ClH/c1-19(29-22-16-10-5-11-17-22)28-18-23-26-24(20-12-6-3-7-13-20)25(2,27-23)21-14-8-4-9-15-21;/h3-17,19,24H,18H2,1-2H3,(H,26,27);1H. The lowest BCUT2D eigenvalue weighted by atomic mass is 9.82. The maximum Gasteiger partial charge on any atom is 0.197 e. The van der Waals surface area contributed by atoms with Gasteiger partial charge < -0.3 is 14.8 Å². The van der Waals surface area contributed by atoms with Gasteiger partial charge in [-0.1, -0.05) is 78.9 Å². The maximum absolute atomic E-state index is 5.93. The van der Waals surface area contributed by atoms with E-state index >= 15 is 0 Å². The molecule has 0 spiro atoms. The first kappa shape index (κ1) is 21.9. The Kier molecular flexibility index (Phi) is 7.14. The normalized spacial score (nSPS) is 21.1. The molecular formula is C25H27ClN2O2. The number of aliphatic imine (C=N–C) groups is 1. The molecule has 0 aromatic heterocycles. The molecule has 5 heteroatoms. The van der Waals surface area contributed by atoms with Crippen LogP contribution in [0.3, 0.4) is 0 Å². The van der Waals surface area contributed by atoms with Crippen LogP contribution in [0, 0.1) is 0 Å². The average molecular weight is 423 g/mol. The fourth-order valence-corrected chi connectivity index (χ4v) is 3.74. The van der Waals surface area contributed by atoms with Crippen molar-refractivity contribution in [2.24, 2.45) is 4.99 Å². The molecule has 0 saturated heterocycles. The van der Waals surface area contributed by atoms with Gasteiger partial charge in [-0.15, -0.1) is 12.4 Å². The van der Waals surface area contributed by atoms with Gasteiger partial charge in [-0.25, -0.2) is 0 Å². The molecule has 4 nitrogen and oxygen atoms in total. The summed E-state index contributed by atoms with van der Waals surface area (Å²) in [5.74, 6) is 1.62. The van der Waals surface area contributed by atoms with Crippen LogP contribution in [-0.2, 0) is 10.3 Å². The van der Waals surface area contributed by atoms with E-state index in [1.807, 2.05) is 49.4 Å². The summed E-state index contributed by atoms with van der Waals surface area (Å²) in [4.78, 5) is 4.99. The molecule has 30 heavy (non-hydrogen) atoms. The molecule has 156 valence electrons. The highest BCUT2D eigenvalue weighted by molar-refractivity contribution is 5.87. The molecule has 3 aromatic carbocycles. The highest BCUT2D eigenvalue weighted by Crippen LogP contribution is 2.41. The summed E-state index contributed by atoms with van der Waals surface area (Å²) in [6, 6.07) is 30.5. The van der Waals surface area contributed by atoms with E-state index in [-0.39, 0.29) is 30.3 Å². The number of para-hydroxylation sites is 1. The van der Waals surface area contributed by atoms with E-state index in [2.05, 4.69) is 60.8 Å². The number of amidine groups is 1. The van der Waals surface area contributed by atoms with E-state index in [9.17, 15) is 0 Å². The van der Waals surface area contributed by atoms with Gasteiger partial charge in [0, 0.05) is 0 Å². The van der Waals surface area contributed by atoms with Gasteiger partial charge in [-0.2, -0.15) is 0 Å². The van der Waals surface area contributed by atoms with Crippen molar-refractivity contribution in [1.29, 1.82) is 0 Å². The number of ether oxygens (including phenoxy) is 2. The van der Waals surface area contributed by atoms with E-state index in [1.165, 1.54) is 11.1 Å². The first-order valence-electron chi connectivity index (χ1n) is 9.94. The Morgan fingerprint density at radius 1 is 0.900 bits per heavy atom. The first-order valence-corrected chi connectivity index (χ1v) is 9.94. The van der Waals surface area contributed by atoms with Crippen molar-refractivity contribution in [2.45, 2.75) is 31.7 Å². The number of halogens is 1. The number of hydrogen-bond donors (Lipinski definition) is 1. The summed E-state index contributed by atoms with van der Waals surface area (Å²) in [5, 5.41) is 3.62. The first-order chi connectivity index (χ1) is 14.1. The second-order valence-corrected chi connectivity index (χ2v) is 7.39. The molecular weight excluding hydrogens is 396 g/mol. The summed E-state index contributed by atoms with van der Waals surface area (Å²) >= 11 is 0. The molecule has 0 aliphatic carbocycles. The van der Waals surface area contributed by atoms with Crippen molar-refractivity contribution >= 4 is 18.2 Å². The van der Waals surface area contributed by atoms with Crippen LogP contribution < -0.4 is 10.1 Å². The minimum Gasteiger partial charge on any atom is -0.465 e. The highest BCUT2D eigenvalue weighted by Gasteiger charge is 2.42. The van der Waals surface area contributed by atoms with Gasteiger partial charge in [0.2, 0.25) is 0 Å². The van der Waals surface area contributed by atoms with E-state index in [1.54, 1.807) is 0 Å². The summed E-state index contributed by atoms with van der Waals surface area (Å²) in [7, 11) is 0. The van der Waals surface area contributed by atoms with Crippen LogP contribution in [0.1, 0.15) is 31.0 Å².